The van der Waals surface area contributed by atoms with E-state index in [1.165, 1.54) is 0 Å². The van der Waals surface area contributed by atoms with Gasteiger partial charge in [0.25, 0.3) is 0 Å². The minimum atomic E-state index is -1.33. The molecule has 1 N–H and O–H groups in total. The Morgan fingerprint density at radius 1 is 1.31 bits per heavy atom. The van der Waals surface area contributed by atoms with Crippen molar-refractivity contribution >= 4 is 16.8 Å². The predicted octanol–water partition coefficient (Wildman–Crippen LogP) is 1.64. The van der Waals surface area contributed by atoms with Crippen molar-refractivity contribution in [2.45, 2.75) is 44.6 Å². The lowest BCUT2D eigenvalue weighted by Gasteiger charge is -2.25. The fourth-order valence-corrected chi connectivity index (χ4v) is 2.44. The van der Waals surface area contributed by atoms with E-state index in [2.05, 4.69) is 0 Å². The second-order valence-electron chi connectivity index (χ2n) is 4.41. The van der Waals surface area contributed by atoms with Gasteiger partial charge in [-0.2, -0.15) is 0 Å². The van der Waals surface area contributed by atoms with Crippen molar-refractivity contribution < 1.29 is 14.1 Å². The molecule has 78 valence electrons. The Bertz CT molecular complexity index is 215. The van der Waals surface area contributed by atoms with Crippen LogP contribution in [0, 0.1) is 5.92 Å². The van der Waals surface area contributed by atoms with E-state index < -0.39 is 26.8 Å². The molecule has 0 heterocycles. The zero-order valence-corrected chi connectivity index (χ0v) is 9.64. The standard InChI is InChI=1S/C9H18O3S/c1-6(2)7(8(10)11)13(12)9(3,4)5/h6-7H,1-5H3,(H,10,11). The third-order valence-corrected chi connectivity index (χ3v) is 4.10. The second kappa shape index (κ2) is 4.22. The molecule has 0 aromatic rings. The highest BCUT2D eigenvalue weighted by Gasteiger charge is 2.35. The molecule has 0 aromatic carbocycles. The number of hydrogen-bond donors (Lipinski definition) is 1. The molecule has 0 aliphatic heterocycles. The van der Waals surface area contributed by atoms with Gasteiger partial charge in [-0.3, -0.25) is 9.00 Å². The molecule has 0 saturated heterocycles. The lowest BCUT2D eigenvalue weighted by Crippen LogP contribution is -2.39. The molecule has 0 aliphatic rings. The highest BCUT2D eigenvalue weighted by molar-refractivity contribution is 7.87. The average Bonchev–Trinajstić information content (AvgIpc) is 1.82. The van der Waals surface area contributed by atoms with Crippen molar-refractivity contribution in [3.8, 4) is 0 Å². The SMILES string of the molecule is CC(C)C(C(=O)O)S(=O)C(C)(C)C. The Balaban J connectivity index is 4.78. The third kappa shape index (κ3) is 3.46. The van der Waals surface area contributed by atoms with Crippen LogP contribution in [-0.4, -0.2) is 25.3 Å². The van der Waals surface area contributed by atoms with E-state index in [-0.39, 0.29) is 5.92 Å². The zero-order chi connectivity index (χ0) is 10.8. The quantitative estimate of drug-likeness (QED) is 0.763. The van der Waals surface area contributed by atoms with E-state index in [1.54, 1.807) is 34.6 Å². The van der Waals surface area contributed by atoms with Crippen LogP contribution < -0.4 is 0 Å². The monoisotopic (exact) mass is 206 g/mol. The molecule has 4 heteroatoms. The first-order valence-corrected chi connectivity index (χ1v) is 5.52. The first kappa shape index (κ1) is 12.6. The molecule has 0 aromatic heterocycles. The topological polar surface area (TPSA) is 54.4 Å². The summed E-state index contributed by atoms with van der Waals surface area (Å²) in [5.41, 5.74) is 0. The van der Waals surface area contributed by atoms with E-state index in [1.807, 2.05) is 0 Å². The Hall–Kier alpha value is -0.380. The lowest BCUT2D eigenvalue weighted by atomic mass is 10.1. The normalized spacial score (nSPS) is 17.1. The first-order valence-electron chi connectivity index (χ1n) is 4.31. The highest BCUT2D eigenvalue weighted by Crippen LogP contribution is 2.21. The van der Waals surface area contributed by atoms with Gasteiger partial charge >= 0.3 is 5.97 Å². The van der Waals surface area contributed by atoms with Crippen LogP contribution in [-0.2, 0) is 15.6 Å². The van der Waals surface area contributed by atoms with Gasteiger partial charge in [-0.1, -0.05) is 13.8 Å². The summed E-state index contributed by atoms with van der Waals surface area (Å²) in [6.45, 7) is 8.94. The molecular weight excluding hydrogens is 188 g/mol. The molecule has 0 bridgehead atoms. The molecule has 0 amide bonds. The molecule has 0 rings (SSSR count). The number of hydrogen-bond acceptors (Lipinski definition) is 2. The van der Waals surface area contributed by atoms with E-state index in [0.29, 0.717) is 0 Å². The number of carbonyl (C=O) groups is 1. The van der Waals surface area contributed by atoms with Gasteiger partial charge in [0, 0.05) is 15.5 Å². The van der Waals surface area contributed by atoms with Crippen molar-refractivity contribution in [3.63, 3.8) is 0 Å². The average molecular weight is 206 g/mol. The number of aliphatic carboxylic acids is 1. The molecule has 2 atom stereocenters. The molecular formula is C9H18O3S. The van der Waals surface area contributed by atoms with E-state index in [4.69, 9.17) is 5.11 Å². The highest BCUT2D eigenvalue weighted by atomic mass is 32.2. The van der Waals surface area contributed by atoms with Gasteiger partial charge in [0.05, 0.1) is 0 Å². The summed E-state index contributed by atoms with van der Waals surface area (Å²) in [5, 5.41) is 8.12. The summed E-state index contributed by atoms with van der Waals surface area (Å²) in [7, 11) is -1.33. The van der Waals surface area contributed by atoms with Crippen LogP contribution in [0.4, 0.5) is 0 Å². The maximum absolute atomic E-state index is 11.8. The maximum Gasteiger partial charge on any atom is 0.319 e. The van der Waals surface area contributed by atoms with Crippen LogP contribution in [0.2, 0.25) is 0 Å². The summed E-state index contributed by atoms with van der Waals surface area (Å²) < 4.78 is 11.3. The Labute approximate surface area is 82.0 Å². The molecule has 0 saturated carbocycles. The van der Waals surface area contributed by atoms with Crippen molar-refractivity contribution in [1.82, 2.24) is 0 Å². The Morgan fingerprint density at radius 3 is 1.77 bits per heavy atom. The maximum atomic E-state index is 11.8. The largest absolute Gasteiger partial charge is 0.480 e. The van der Waals surface area contributed by atoms with Gasteiger partial charge in [-0.25, -0.2) is 0 Å². The van der Waals surface area contributed by atoms with Gasteiger partial charge in [-0.15, -0.1) is 0 Å². The number of carboxylic acids is 1. The van der Waals surface area contributed by atoms with Crippen LogP contribution in [0.3, 0.4) is 0 Å². The van der Waals surface area contributed by atoms with Gasteiger partial charge < -0.3 is 5.11 Å². The summed E-state index contributed by atoms with van der Waals surface area (Å²) in [4.78, 5) is 10.8. The smallest absolute Gasteiger partial charge is 0.319 e. The first-order chi connectivity index (χ1) is 5.68. The predicted molar refractivity (Wildman–Crippen MR) is 54.2 cm³/mol. The van der Waals surface area contributed by atoms with Crippen LogP contribution in [0.15, 0.2) is 0 Å². The van der Waals surface area contributed by atoms with Gasteiger partial charge in [-0.05, 0) is 26.7 Å². The van der Waals surface area contributed by atoms with Crippen LogP contribution in [0.1, 0.15) is 34.6 Å². The fourth-order valence-electron chi connectivity index (χ4n) is 1.00. The summed E-state index contributed by atoms with van der Waals surface area (Å²) in [5.74, 6) is -1.07. The summed E-state index contributed by atoms with van der Waals surface area (Å²) in [6, 6.07) is 0. The van der Waals surface area contributed by atoms with Crippen molar-refractivity contribution in [1.29, 1.82) is 0 Å². The minimum Gasteiger partial charge on any atom is -0.480 e. The van der Waals surface area contributed by atoms with Crippen molar-refractivity contribution in [3.05, 3.63) is 0 Å². The molecule has 0 fully saturated rings. The number of carboxylic acid groups (broad SMARTS) is 1. The number of rotatable bonds is 3. The van der Waals surface area contributed by atoms with Gasteiger partial charge in [0.2, 0.25) is 0 Å². The Morgan fingerprint density at radius 2 is 1.69 bits per heavy atom. The van der Waals surface area contributed by atoms with E-state index >= 15 is 0 Å². The van der Waals surface area contributed by atoms with Crippen molar-refractivity contribution in [2.75, 3.05) is 0 Å². The van der Waals surface area contributed by atoms with E-state index in [9.17, 15) is 9.00 Å². The Kier molecular flexibility index (Phi) is 4.10. The molecule has 0 spiro atoms. The van der Waals surface area contributed by atoms with Crippen LogP contribution >= 0.6 is 0 Å². The molecule has 0 aliphatic carbocycles. The molecule has 0 radical (unpaired) electrons. The van der Waals surface area contributed by atoms with Crippen molar-refractivity contribution in [2.24, 2.45) is 5.92 Å². The molecule has 13 heavy (non-hydrogen) atoms. The molecule has 3 nitrogen and oxygen atoms in total. The third-order valence-electron chi connectivity index (χ3n) is 1.68. The van der Waals surface area contributed by atoms with Gasteiger partial charge in [0.15, 0.2) is 0 Å². The second-order valence-corrected chi connectivity index (χ2v) is 6.74. The van der Waals surface area contributed by atoms with Crippen LogP contribution in [0.5, 0.6) is 0 Å². The van der Waals surface area contributed by atoms with Gasteiger partial charge in [0.1, 0.15) is 5.25 Å². The summed E-state index contributed by atoms with van der Waals surface area (Å²) >= 11 is 0. The zero-order valence-electron chi connectivity index (χ0n) is 8.83. The van der Waals surface area contributed by atoms with Crippen LogP contribution in [0.25, 0.3) is 0 Å². The lowest BCUT2D eigenvalue weighted by molar-refractivity contribution is -0.137. The minimum absolute atomic E-state index is 0.0995. The molecule has 2 unspecified atom stereocenters. The summed E-state index contributed by atoms with van der Waals surface area (Å²) in [6.07, 6.45) is 0. The van der Waals surface area contributed by atoms with E-state index in [0.717, 1.165) is 0 Å². The fraction of sp³-hybridized carbons (Fsp3) is 0.889.